The number of hydrogen-bond donors (Lipinski definition) is 1. The summed E-state index contributed by atoms with van der Waals surface area (Å²) in [7, 11) is 0. The van der Waals surface area contributed by atoms with Gasteiger partial charge in [0.15, 0.2) is 0 Å². The number of amides is 1. The van der Waals surface area contributed by atoms with Crippen LogP contribution in [0.3, 0.4) is 0 Å². The van der Waals surface area contributed by atoms with E-state index >= 15 is 0 Å². The molecule has 1 aliphatic rings. The maximum Gasteiger partial charge on any atom is 0.235 e. The number of aryl methyl sites for hydroxylation is 1. The van der Waals surface area contributed by atoms with Crippen molar-refractivity contribution in [3.63, 3.8) is 0 Å². The van der Waals surface area contributed by atoms with Gasteiger partial charge < -0.3 is 10.1 Å². The Labute approximate surface area is 173 Å². The van der Waals surface area contributed by atoms with E-state index in [4.69, 9.17) is 21.4 Å². The minimum Gasteiger partial charge on any atom is -0.494 e. The summed E-state index contributed by atoms with van der Waals surface area (Å²) in [4.78, 5) is 12.4. The van der Waals surface area contributed by atoms with E-state index in [0.717, 1.165) is 28.3 Å². The van der Waals surface area contributed by atoms with E-state index < -0.39 is 0 Å². The first kappa shape index (κ1) is 18.9. The van der Waals surface area contributed by atoms with Gasteiger partial charge in [0.25, 0.3) is 0 Å². The van der Waals surface area contributed by atoms with Crippen LogP contribution in [-0.2, 0) is 4.79 Å². The topological polar surface area (TPSA) is 56.1 Å². The number of aromatic nitrogens is 2. The quantitative estimate of drug-likeness (QED) is 0.653. The number of hydrogen-bond acceptors (Lipinski definition) is 4. The lowest BCUT2D eigenvalue weighted by atomic mass is 10.0. The van der Waals surface area contributed by atoms with Crippen LogP contribution in [0.4, 0.5) is 5.82 Å². The van der Waals surface area contributed by atoms with E-state index in [9.17, 15) is 4.79 Å². The molecule has 0 saturated heterocycles. The standard InChI is InChI=1S/C21H20ClN3O2S/c1-3-27-17-10-4-14(5-11-17)20-19-13(2)24-25(16-8-6-15(22)7-9-16)21(19)23-18(26)12-28-20/h4-11,20H,3,12H2,1-2H3,(H,23,26). The number of benzene rings is 2. The highest BCUT2D eigenvalue weighted by Crippen LogP contribution is 2.44. The monoisotopic (exact) mass is 413 g/mol. The Kier molecular flexibility index (Phi) is 5.33. The predicted octanol–water partition coefficient (Wildman–Crippen LogP) is 5.01. The molecule has 1 N–H and O–H groups in total. The number of nitrogens with one attached hydrogen (secondary N) is 1. The SMILES string of the molecule is CCOc1ccc(C2SCC(=O)Nc3c2c(C)nn3-c2ccc(Cl)cc2)cc1. The van der Waals surface area contributed by atoms with Gasteiger partial charge in [-0.3, -0.25) is 4.79 Å². The van der Waals surface area contributed by atoms with Gasteiger partial charge in [0.2, 0.25) is 5.91 Å². The molecule has 1 unspecified atom stereocenters. The molecule has 0 spiro atoms. The largest absolute Gasteiger partial charge is 0.494 e. The van der Waals surface area contributed by atoms with Gasteiger partial charge in [0.05, 0.1) is 29.0 Å². The molecular formula is C21H20ClN3O2S. The lowest BCUT2D eigenvalue weighted by molar-refractivity contribution is -0.113. The molecular weight excluding hydrogens is 394 g/mol. The molecule has 7 heteroatoms. The highest BCUT2D eigenvalue weighted by atomic mass is 35.5. The van der Waals surface area contributed by atoms with Crippen molar-refractivity contribution in [2.75, 3.05) is 17.7 Å². The molecule has 1 aromatic heterocycles. The zero-order valence-corrected chi connectivity index (χ0v) is 17.2. The van der Waals surface area contributed by atoms with Crippen molar-refractivity contribution in [2.24, 2.45) is 0 Å². The third kappa shape index (κ3) is 3.62. The smallest absolute Gasteiger partial charge is 0.235 e. The highest BCUT2D eigenvalue weighted by Gasteiger charge is 2.30. The summed E-state index contributed by atoms with van der Waals surface area (Å²) in [6.07, 6.45) is 0. The summed E-state index contributed by atoms with van der Waals surface area (Å²) < 4.78 is 7.34. The Bertz CT molecular complexity index is 1000. The lowest BCUT2D eigenvalue weighted by Gasteiger charge is -2.16. The van der Waals surface area contributed by atoms with Crippen LogP contribution in [0.2, 0.25) is 5.02 Å². The molecule has 0 fully saturated rings. The summed E-state index contributed by atoms with van der Waals surface area (Å²) in [5.41, 5.74) is 3.88. The van der Waals surface area contributed by atoms with Crippen LogP contribution in [0.1, 0.15) is 29.0 Å². The van der Waals surface area contributed by atoms with Gasteiger partial charge in [-0.15, -0.1) is 11.8 Å². The second kappa shape index (κ2) is 7.89. The minimum absolute atomic E-state index is 0.00526. The Hall–Kier alpha value is -2.44. The Morgan fingerprint density at radius 1 is 1.21 bits per heavy atom. The van der Waals surface area contributed by atoms with Crippen molar-refractivity contribution in [1.82, 2.24) is 9.78 Å². The van der Waals surface area contributed by atoms with E-state index in [-0.39, 0.29) is 11.2 Å². The zero-order valence-electron chi connectivity index (χ0n) is 15.6. The van der Waals surface area contributed by atoms with Crippen LogP contribution in [0.15, 0.2) is 48.5 Å². The van der Waals surface area contributed by atoms with Gasteiger partial charge in [-0.05, 0) is 55.8 Å². The van der Waals surface area contributed by atoms with Gasteiger partial charge >= 0.3 is 0 Å². The third-order valence-electron chi connectivity index (χ3n) is 4.57. The molecule has 0 radical (unpaired) electrons. The van der Waals surface area contributed by atoms with Gasteiger partial charge in [-0.2, -0.15) is 5.10 Å². The molecule has 4 rings (SSSR count). The Balaban J connectivity index is 1.80. The average Bonchev–Trinajstić information content (AvgIpc) is 2.89. The van der Waals surface area contributed by atoms with Gasteiger partial charge in [0.1, 0.15) is 11.6 Å². The molecule has 0 aliphatic carbocycles. The van der Waals surface area contributed by atoms with Crippen LogP contribution in [-0.4, -0.2) is 28.0 Å². The van der Waals surface area contributed by atoms with Crippen LogP contribution in [0.25, 0.3) is 5.69 Å². The van der Waals surface area contributed by atoms with Crippen molar-refractivity contribution < 1.29 is 9.53 Å². The number of carbonyl (C=O) groups excluding carboxylic acids is 1. The van der Waals surface area contributed by atoms with Crippen LogP contribution >= 0.6 is 23.4 Å². The highest BCUT2D eigenvalue weighted by molar-refractivity contribution is 8.00. The van der Waals surface area contributed by atoms with E-state index in [0.29, 0.717) is 23.2 Å². The summed E-state index contributed by atoms with van der Waals surface area (Å²) in [5, 5.41) is 8.41. The van der Waals surface area contributed by atoms with Crippen LogP contribution in [0, 0.1) is 6.92 Å². The second-order valence-corrected chi connectivity index (χ2v) is 8.01. The van der Waals surface area contributed by atoms with E-state index in [1.807, 2.05) is 50.2 Å². The number of ether oxygens (including phenoxy) is 1. The van der Waals surface area contributed by atoms with Crippen molar-refractivity contribution in [1.29, 1.82) is 0 Å². The summed E-state index contributed by atoms with van der Waals surface area (Å²) in [6, 6.07) is 15.5. The van der Waals surface area contributed by atoms with Gasteiger partial charge in [0, 0.05) is 10.6 Å². The fourth-order valence-corrected chi connectivity index (χ4v) is 4.64. The molecule has 5 nitrogen and oxygen atoms in total. The predicted molar refractivity (Wildman–Crippen MR) is 114 cm³/mol. The fourth-order valence-electron chi connectivity index (χ4n) is 3.32. The third-order valence-corrected chi connectivity index (χ3v) is 6.09. The van der Waals surface area contributed by atoms with Gasteiger partial charge in [-0.25, -0.2) is 4.68 Å². The normalized spacial score (nSPS) is 16.2. The van der Waals surface area contributed by atoms with Crippen molar-refractivity contribution >= 4 is 35.1 Å². The second-order valence-electron chi connectivity index (χ2n) is 6.48. The van der Waals surface area contributed by atoms with Crippen LogP contribution in [0.5, 0.6) is 5.75 Å². The molecule has 2 heterocycles. The molecule has 1 aliphatic heterocycles. The number of fused-ring (bicyclic) bond motifs is 1. The minimum atomic E-state index is -0.0326. The fraction of sp³-hybridized carbons (Fsp3) is 0.238. The lowest BCUT2D eigenvalue weighted by Crippen LogP contribution is -2.15. The molecule has 1 amide bonds. The van der Waals surface area contributed by atoms with Gasteiger partial charge in [-0.1, -0.05) is 23.7 Å². The first-order valence-electron chi connectivity index (χ1n) is 9.06. The number of carbonyl (C=O) groups is 1. The maximum absolute atomic E-state index is 12.4. The zero-order chi connectivity index (χ0) is 19.7. The molecule has 3 aromatic rings. The summed E-state index contributed by atoms with van der Waals surface area (Å²) in [5.74, 6) is 1.91. The van der Waals surface area contributed by atoms with E-state index in [1.54, 1.807) is 16.4 Å². The van der Waals surface area contributed by atoms with Crippen molar-refractivity contribution in [3.05, 3.63) is 70.4 Å². The number of halogens is 1. The maximum atomic E-state index is 12.4. The molecule has 144 valence electrons. The first-order chi connectivity index (χ1) is 13.6. The molecule has 0 bridgehead atoms. The van der Waals surface area contributed by atoms with Crippen molar-refractivity contribution in [3.8, 4) is 11.4 Å². The molecule has 2 aromatic carbocycles. The number of rotatable bonds is 4. The van der Waals surface area contributed by atoms with Crippen molar-refractivity contribution in [2.45, 2.75) is 19.1 Å². The Morgan fingerprint density at radius 3 is 2.61 bits per heavy atom. The van der Waals surface area contributed by atoms with Crippen LogP contribution < -0.4 is 10.1 Å². The first-order valence-corrected chi connectivity index (χ1v) is 10.5. The average molecular weight is 414 g/mol. The Morgan fingerprint density at radius 2 is 1.93 bits per heavy atom. The summed E-state index contributed by atoms with van der Waals surface area (Å²) in [6.45, 7) is 4.57. The molecule has 28 heavy (non-hydrogen) atoms. The number of nitrogens with zero attached hydrogens (tertiary/aromatic N) is 2. The number of thioether (sulfide) groups is 1. The number of anilines is 1. The summed E-state index contributed by atoms with van der Waals surface area (Å²) >= 11 is 7.63. The molecule has 1 atom stereocenters. The van der Waals surface area contributed by atoms with E-state index in [1.165, 1.54) is 0 Å². The van der Waals surface area contributed by atoms with E-state index in [2.05, 4.69) is 17.4 Å². The molecule has 0 saturated carbocycles.